The molecule has 3 rings (SSSR count). The van der Waals surface area contributed by atoms with E-state index in [-0.39, 0.29) is 5.91 Å². The molecule has 1 amide bonds. The number of amides is 1. The van der Waals surface area contributed by atoms with Crippen LogP contribution in [-0.2, 0) is 11.3 Å². The van der Waals surface area contributed by atoms with Gasteiger partial charge in [0, 0.05) is 18.8 Å². The fourth-order valence-corrected chi connectivity index (χ4v) is 2.82. The van der Waals surface area contributed by atoms with E-state index in [1.54, 1.807) is 6.20 Å². The molecule has 5 heteroatoms. The molecular weight excluding hydrogens is 276 g/mol. The first-order chi connectivity index (χ1) is 10.8. The van der Waals surface area contributed by atoms with E-state index < -0.39 is 0 Å². The molecule has 1 aliphatic heterocycles. The maximum absolute atomic E-state index is 12.1. The lowest BCUT2D eigenvalue weighted by molar-refractivity contribution is -0.116. The lowest BCUT2D eigenvalue weighted by Crippen LogP contribution is -2.17. The van der Waals surface area contributed by atoms with Crippen molar-refractivity contribution in [2.24, 2.45) is 5.92 Å². The first kappa shape index (κ1) is 14.8. The van der Waals surface area contributed by atoms with Crippen molar-refractivity contribution < 1.29 is 4.79 Å². The summed E-state index contributed by atoms with van der Waals surface area (Å²) in [6, 6.07) is 10.2. The molecule has 2 N–H and O–H groups in total. The molecule has 116 valence electrons. The van der Waals surface area contributed by atoms with Crippen molar-refractivity contribution in [2.75, 3.05) is 18.4 Å². The predicted octanol–water partition coefficient (Wildman–Crippen LogP) is 2.26. The van der Waals surface area contributed by atoms with Crippen molar-refractivity contribution in [3.63, 3.8) is 0 Å². The molecule has 1 unspecified atom stereocenters. The molecule has 1 aromatic heterocycles. The number of hydrogen-bond donors (Lipinski definition) is 2. The van der Waals surface area contributed by atoms with E-state index >= 15 is 0 Å². The Balaban J connectivity index is 1.54. The number of imidazole rings is 1. The second kappa shape index (κ2) is 7.22. The third-order valence-corrected chi connectivity index (χ3v) is 4.10. The van der Waals surface area contributed by atoms with Gasteiger partial charge in [-0.3, -0.25) is 10.1 Å². The van der Waals surface area contributed by atoms with E-state index in [4.69, 9.17) is 0 Å². The Morgan fingerprint density at radius 2 is 2.23 bits per heavy atom. The minimum atomic E-state index is 0.0485. The van der Waals surface area contributed by atoms with Gasteiger partial charge in [0.25, 0.3) is 0 Å². The highest BCUT2D eigenvalue weighted by atomic mass is 16.1. The average molecular weight is 298 g/mol. The van der Waals surface area contributed by atoms with Crippen LogP contribution in [0.4, 0.5) is 5.95 Å². The van der Waals surface area contributed by atoms with Crippen LogP contribution in [0.15, 0.2) is 42.7 Å². The number of nitrogens with zero attached hydrogens (tertiary/aromatic N) is 2. The molecule has 0 aliphatic carbocycles. The number of aromatic nitrogens is 2. The van der Waals surface area contributed by atoms with Crippen LogP contribution in [-0.4, -0.2) is 28.5 Å². The maximum Gasteiger partial charge on any atom is 0.226 e. The van der Waals surface area contributed by atoms with Gasteiger partial charge in [-0.05, 0) is 37.4 Å². The Bertz CT molecular complexity index is 602. The molecule has 1 aliphatic rings. The van der Waals surface area contributed by atoms with E-state index in [9.17, 15) is 4.79 Å². The molecule has 22 heavy (non-hydrogen) atoms. The Kier molecular flexibility index (Phi) is 4.85. The van der Waals surface area contributed by atoms with Crippen molar-refractivity contribution in [1.82, 2.24) is 14.9 Å². The Morgan fingerprint density at radius 1 is 1.36 bits per heavy atom. The zero-order valence-electron chi connectivity index (χ0n) is 12.7. The van der Waals surface area contributed by atoms with Gasteiger partial charge in [0.2, 0.25) is 11.9 Å². The molecule has 1 fully saturated rings. The van der Waals surface area contributed by atoms with Crippen molar-refractivity contribution in [1.29, 1.82) is 0 Å². The van der Waals surface area contributed by atoms with Crippen LogP contribution in [0.1, 0.15) is 24.8 Å². The highest BCUT2D eigenvalue weighted by molar-refractivity contribution is 5.89. The summed E-state index contributed by atoms with van der Waals surface area (Å²) < 4.78 is 1.96. The van der Waals surface area contributed by atoms with E-state index in [0.717, 1.165) is 19.5 Å². The Hall–Kier alpha value is -2.14. The number of benzene rings is 1. The SMILES string of the molecule is O=C(CCC1CCNC1)Nc1nccn1Cc1ccccc1. The molecule has 1 saturated heterocycles. The molecular formula is C17H22N4O. The number of carbonyl (C=O) groups is 1. The van der Waals surface area contributed by atoms with Gasteiger partial charge in [-0.15, -0.1) is 0 Å². The van der Waals surface area contributed by atoms with E-state index in [1.807, 2.05) is 29.0 Å². The van der Waals surface area contributed by atoms with Gasteiger partial charge in [0.15, 0.2) is 0 Å². The van der Waals surface area contributed by atoms with Crippen LogP contribution in [0.5, 0.6) is 0 Å². The third-order valence-electron chi connectivity index (χ3n) is 4.10. The zero-order chi connectivity index (χ0) is 15.2. The summed E-state index contributed by atoms with van der Waals surface area (Å²) in [5, 5.41) is 6.26. The summed E-state index contributed by atoms with van der Waals surface area (Å²) in [4.78, 5) is 16.3. The normalized spacial score (nSPS) is 17.5. The highest BCUT2D eigenvalue weighted by Crippen LogP contribution is 2.15. The fourth-order valence-electron chi connectivity index (χ4n) is 2.82. The molecule has 0 bridgehead atoms. The van der Waals surface area contributed by atoms with Gasteiger partial charge in [0.1, 0.15) is 0 Å². The van der Waals surface area contributed by atoms with E-state index in [1.165, 1.54) is 12.0 Å². The zero-order valence-corrected chi connectivity index (χ0v) is 12.7. The number of nitrogens with one attached hydrogen (secondary N) is 2. The maximum atomic E-state index is 12.1. The molecule has 1 atom stereocenters. The molecule has 5 nitrogen and oxygen atoms in total. The first-order valence-corrected chi connectivity index (χ1v) is 7.87. The van der Waals surface area contributed by atoms with Crippen molar-refractivity contribution in [2.45, 2.75) is 25.8 Å². The van der Waals surface area contributed by atoms with E-state index in [0.29, 0.717) is 24.8 Å². The molecule has 2 aromatic rings. The fraction of sp³-hybridized carbons (Fsp3) is 0.412. The highest BCUT2D eigenvalue weighted by Gasteiger charge is 2.16. The Labute approximate surface area is 130 Å². The van der Waals surface area contributed by atoms with Crippen molar-refractivity contribution in [3.8, 4) is 0 Å². The summed E-state index contributed by atoms with van der Waals surface area (Å²) in [6.07, 6.45) is 6.29. The summed E-state index contributed by atoms with van der Waals surface area (Å²) in [6.45, 7) is 2.83. The molecule has 0 radical (unpaired) electrons. The van der Waals surface area contributed by atoms with Gasteiger partial charge in [0.05, 0.1) is 6.54 Å². The topological polar surface area (TPSA) is 59.0 Å². The third kappa shape index (κ3) is 3.95. The standard InChI is InChI=1S/C17H22N4O/c22-16(7-6-14-8-9-18-12-14)20-17-19-10-11-21(17)13-15-4-2-1-3-5-15/h1-5,10-11,14,18H,6-9,12-13H2,(H,19,20,22). The average Bonchev–Trinajstić information content (AvgIpc) is 3.19. The summed E-state index contributed by atoms with van der Waals surface area (Å²) in [5.41, 5.74) is 1.19. The van der Waals surface area contributed by atoms with Crippen molar-refractivity contribution in [3.05, 3.63) is 48.3 Å². The van der Waals surface area contributed by atoms with Crippen LogP contribution in [0.2, 0.25) is 0 Å². The Morgan fingerprint density at radius 3 is 3.00 bits per heavy atom. The largest absolute Gasteiger partial charge is 0.316 e. The minimum absolute atomic E-state index is 0.0485. The monoisotopic (exact) mass is 298 g/mol. The van der Waals surface area contributed by atoms with Crippen molar-refractivity contribution >= 4 is 11.9 Å². The quantitative estimate of drug-likeness (QED) is 0.860. The van der Waals surface area contributed by atoms with Crippen LogP contribution < -0.4 is 10.6 Å². The van der Waals surface area contributed by atoms with Gasteiger partial charge >= 0.3 is 0 Å². The van der Waals surface area contributed by atoms with E-state index in [2.05, 4.69) is 27.8 Å². The summed E-state index contributed by atoms with van der Waals surface area (Å²) >= 11 is 0. The van der Waals surface area contributed by atoms with Gasteiger partial charge < -0.3 is 9.88 Å². The first-order valence-electron chi connectivity index (χ1n) is 7.87. The number of rotatable bonds is 6. The minimum Gasteiger partial charge on any atom is -0.316 e. The van der Waals surface area contributed by atoms with Gasteiger partial charge in [-0.1, -0.05) is 30.3 Å². The second-order valence-corrected chi connectivity index (χ2v) is 5.81. The smallest absolute Gasteiger partial charge is 0.226 e. The van der Waals surface area contributed by atoms with Crippen LogP contribution in [0.25, 0.3) is 0 Å². The van der Waals surface area contributed by atoms with Crippen LogP contribution in [0, 0.1) is 5.92 Å². The van der Waals surface area contributed by atoms with Gasteiger partial charge in [-0.2, -0.15) is 0 Å². The number of hydrogen-bond acceptors (Lipinski definition) is 3. The second-order valence-electron chi connectivity index (χ2n) is 5.81. The van der Waals surface area contributed by atoms with Crippen LogP contribution in [0.3, 0.4) is 0 Å². The molecule has 1 aromatic carbocycles. The summed E-state index contributed by atoms with van der Waals surface area (Å²) in [5.74, 6) is 1.31. The molecule has 0 saturated carbocycles. The molecule has 2 heterocycles. The predicted molar refractivity (Wildman–Crippen MR) is 86.6 cm³/mol. The summed E-state index contributed by atoms with van der Waals surface area (Å²) in [7, 11) is 0. The number of carbonyl (C=O) groups excluding carboxylic acids is 1. The molecule has 0 spiro atoms. The lowest BCUT2D eigenvalue weighted by atomic mass is 10.0. The lowest BCUT2D eigenvalue weighted by Gasteiger charge is -2.10. The van der Waals surface area contributed by atoms with Crippen LogP contribution >= 0.6 is 0 Å². The van der Waals surface area contributed by atoms with Gasteiger partial charge in [-0.25, -0.2) is 4.98 Å². The number of anilines is 1.